The summed E-state index contributed by atoms with van der Waals surface area (Å²) in [5, 5.41) is 3.73. The molecule has 2 heteroatoms. The van der Waals surface area contributed by atoms with E-state index in [1.807, 2.05) is 0 Å². The minimum absolute atomic E-state index is 0.538. The number of benzene rings is 2. The molecule has 2 atom stereocenters. The van der Waals surface area contributed by atoms with Gasteiger partial charge in [0, 0.05) is 25.2 Å². The first-order valence-corrected chi connectivity index (χ1v) is 8.36. The molecular weight excluding hydrogens is 268 g/mol. The highest BCUT2D eigenvalue weighted by molar-refractivity contribution is 5.17. The van der Waals surface area contributed by atoms with Crippen LogP contribution in [0.25, 0.3) is 0 Å². The molecule has 2 aromatic carbocycles. The monoisotopic (exact) mass is 294 g/mol. The molecule has 0 saturated carbocycles. The number of nitrogens with zero attached hydrogens (tertiary/aromatic N) is 1. The van der Waals surface area contributed by atoms with Gasteiger partial charge in [0.1, 0.15) is 0 Å². The summed E-state index contributed by atoms with van der Waals surface area (Å²) in [6, 6.07) is 22.8. The van der Waals surface area contributed by atoms with Crippen molar-refractivity contribution >= 4 is 0 Å². The van der Waals surface area contributed by atoms with Crippen LogP contribution < -0.4 is 5.32 Å². The van der Waals surface area contributed by atoms with Crippen molar-refractivity contribution in [2.45, 2.75) is 38.4 Å². The topological polar surface area (TPSA) is 15.3 Å². The zero-order chi connectivity index (χ0) is 15.2. The normalized spacial score (nSPS) is 23.1. The van der Waals surface area contributed by atoms with Crippen LogP contribution in [0.4, 0.5) is 0 Å². The standard InChI is InChI=1S/C20H26N2/c1-17-12-13-21-20(14-18-8-4-2-5-9-18)16-22(17)15-19-10-6-3-7-11-19/h2-11,17,20-21H,12-16H2,1H3. The van der Waals surface area contributed by atoms with Crippen molar-refractivity contribution in [3.63, 3.8) is 0 Å². The molecule has 0 aliphatic carbocycles. The third-order valence-electron chi connectivity index (χ3n) is 4.63. The summed E-state index contributed by atoms with van der Waals surface area (Å²) >= 11 is 0. The highest BCUT2D eigenvalue weighted by atomic mass is 15.2. The summed E-state index contributed by atoms with van der Waals surface area (Å²) in [5.74, 6) is 0. The zero-order valence-corrected chi connectivity index (χ0v) is 13.4. The number of hydrogen-bond donors (Lipinski definition) is 1. The van der Waals surface area contributed by atoms with E-state index in [1.165, 1.54) is 17.5 Å². The van der Waals surface area contributed by atoms with Crippen LogP contribution in [-0.2, 0) is 13.0 Å². The largest absolute Gasteiger partial charge is 0.312 e. The zero-order valence-electron chi connectivity index (χ0n) is 13.4. The van der Waals surface area contributed by atoms with Crippen molar-refractivity contribution in [3.05, 3.63) is 71.8 Å². The van der Waals surface area contributed by atoms with Crippen LogP contribution in [-0.4, -0.2) is 30.1 Å². The van der Waals surface area contributed by atoms with Crippen LogP contribution >= 0.6 is 0 Å². The molecule has 0 aromatic heterocycles. The van der Waals surface area contributed by atoms with Crippen LogP contribution in [0, 0.1) is 0 Å². The lowest BCUT2D eigenvalue weighted by Gasteiger charge is -2.29. The van der Waals surface area contributed by atoms with Gasteiger partial charge in [-0.3, -0.25) is 4.90 Å². The first-order chi connectivity index (χ1) is 10.8. The molecule has 22 heavy (non-hydrogen) atoms. The van der Waals surface area contributed by atoms with E-state index in [0.717, 1.165) is 26.1 Å². The van der Waals surface area contributed by atoms with Crippen molar-refractivity contribution in [3.8, 4) is 0 Å². The maximum absolute atomic E-state index is 3.73. The molecule has 1 N–H and O–H groups in total. The van der Waals surface area contributed by atoms with E-state index in [2.05, 4.69) is 77.8 Å². The Kier molecular flexibility index (Phi) is 5.25. The van der Waals surface area contributed by atoms with Crippen molar-refractivity contribution < 1.29 is 0 Å². The lowest BCUT2D eigenvalue weighted by molar-refractivity contribution is 0.195. The van der Waals surface area contributed by atoms with Gasteiger partial charge in [0.25, 0.3) is 0 Å². The fourth-order valence-electron chi connectivity index (χ4n) is 3.28. The van der Waals surface area contributed by atoms with Crippen molar-refractivity contribution in [1.82, 2.24) is 10.2 Å². The van der Waals surface area contributed by atoms with Gasteiger partial charge in [0.2, 0.25) is 0 Å². The summed E-state index contributed by atoms with van der Waals surface area (Å²) in [4.78, 5) is 2.63. The van der Waals surface area contributed by atoms with Gasteiger partial charge < -0.3 is 5.32 Å². The molecule has 2 aromatic rings. The van der Waals surface area contributed by atoms with E-state index in [0.29, 0.717) is 12.1 Å². The smallest absolute Gasteiger partial charge is 0.0237 e. The minimum Gasteiger partial charge on any atom is -0.312 e. The third-order valence-corrected chi connectivity index (χ3v) is 4.63. The maximum atomic E-state index is 3.73. The molecule has 1 saturated heterocycles. The van der Waals surface area contributed by atoms with Crippen molar-refractivity contribution in [2.24, 2.45) is 0 Å². The van der Waals surface area contributed by atoms with E-state index < -0.39 is 0 Å². The molecule has 0 radical (unpaired) electrons. The van der Waals surface area contributed by atoms with Gasteiger partial charge in [0.05, 0.1) is 0 Å². The fraction of sp³-hybridized carbons (Fsp3) is 0.400. The molecular formula is C20H26N2. The van der Waals surface area contributed by atoms with Crippen LogP contribution in [0.1, 0.15) is 24.5 Å². The second-order valence-corrected chi connectivity index (χ2v) is 6.39. The summed E-state index contributed by atoms with van der Waals surface area (Å²) in [6.45, 7) is 5.64. The Morgan fingerprint density at radius 3 is 2.27 bits per heavy atom. The SMILES string of the molecule is CC1CCNC(Cc2ccccc2)CN1Cc1ccccc1. The Balaban J connectivity index is 1.66. The molecule has 1 heterocycles. The molecule has 2 nitrogen and oxygen atoms in total. The fourth-order valence-corrected chi connectivity index (χ4v) is 3.28. The summed E-state index contributed by atoms with van der Waals surface area (Å²) < 4.78 is 0. The lowest BCUT2D eigenvalue weighted by atomic mass is 10.1. The molecule has 0 bridgehead atoms. The molecule has 1 aliphatic rings. The van der Waals surface area contributed by atoms with Crippen molar-refractivity contribution in [2.75, 3.05) is 13.1 Å². The molecule has 116 valence electrons. The third kappa shape index (κ3) is 4.19. The average molecular weight is 294 g/mol. The first-order valence-electron chi connectivity index (χ1n) is 8.36. The summed E-state index contributed by atoms with van der Waals surface area (Å²) in [6.07, 6.45) is 2.33. The predicted octanol–water partition coefficient (Wildman–Crippen LogP) is 3.48. The first kappa shape index (κ1) is 15.3. The summed E-state index contributed by atoms with van der Waals surface area (Å²) in [5.41, 5.74) is 2.84. The number of nitrogens with one attached hydrogen (secondary N) is 1. The van der Waals surface area contributed by atoms with E-state index in [4.69, 9.17) is 0 Å². The Morgan fingerprint density at radius 1 is 0.955 bits per heavy atom. The van der Waals surface area contributed by atoms with Gasteiger partial charge in [-0.1, -0.05) is 60.7 Å². The van der Waals surface area contributed by atoms with Crippen LogP contribution in [0.5, 0.6) is 0 Å². The molecule has 1 aliphatic heterocycles. The van der Waals surface area contributed by atoms with Crippen molar-refractivity contribution in [1.29, 1.82) is 0 Å². The van der Waals surface area contributed by atoms with Crippen LogP contribution in [0.2, 0.25) is 0 Å². The molecule has 2 unspecified atom stereocenters. The lowest BCUT2D eigenvalue weighted by Crippen LogP contribution is -2.40. The highest BCUT2D eigenvalue weighted by Crippen LogP contribution is 2.15. The highest BCUT2D eigenvalue weighted by Gasteiger charge is 2.22. The Labute approximate surface area is 134 Å². The molecule has 0 spiro atoms. The Morgan fingerprint density at radius 2 is 1.59 bits per heavy atom. The summed E-state index contributed by atoms with van der Waals surface area (Å²) in [7, 11) is 0. The van der Waals surface area contributed by atoms with E-state index in [1.54, 1.807) is 0 Å². The molecule has 3 rings (SSSR count). The van der Waals surface area contributed by atoms with E-state index in [-0.39, 0.29) is 0 Å². The minimum atomic E-state index is 0.538. The predicted molar refractivity (Wildman–Crippen MR) is 92.9 cm³/mol. The molecule has 0 amide bonds. The second kappa shape index (κ2) is 7.57. The van der Waals surface area contributed by atoms with E-state index >= 15 is 0 Å². The maximum Gasteiger partial charge on any atom is 0.0237 e. The van der Waals surface area contributed by atoms with Crippen LogP contribution in [0.3, 0.4) is 0 Å². The quantitative estimate of drug-likeness (QED) is 0.928. The van der Waals surface area contributed by atoms with Gasteiger partial charge in [-0.05, 0) is 37.4 Å². The van der Waals surface area contributed by atoms with Gasteiger partial charge >= 0.3 is 0 Å². The number of hydrogen-bond acceptors (Lipinski definition) is 2. The van der Waals surface area contributed by atoms with Gasteiger partial charge in [-0.15, -0.1) is 0 Å². The average Bonchev–Trinajstić information content (AvgIpc) is 2.71. The Hall–Kier alpha value is -1.64. The van der Waals surface area contributed by atoms with E-state index in [9.17, 15) is 0 Å². The number of rotatable bonds is 4. The molecule has 1 fully saturated rings. The van der Waals surface area contributed by atoms with Gasteiger partial charge in [-0.2, -0.15) is 0 Å². The second-order valence-electron chi connectivity index (χ2n) is 6.39. The van der Waals surface area contributed by atoms with Gasteiger partial charge in [0.15, 0.2) is 0 Å². The van der Waals surface area contributed by atoms with Crippen LogP contribution in [0.15, 0.2) is 60.7 Å². The van der Waals surface area contributed by atoms with Gasteiger partial charge in [-0.25, -0.2) is 0 Å². The Bertz CT molecular complexity index is 552.